The molecule has 1 aliphatic rings. The van der Waals surface area contributed by atoms with Gasteiger partial charge in [0.25, 0.3) is 5.91 Å². The normalized spacial score (nSPS) is 20.3. The molecule has 2 N–H and O–H groups in total. The molecule has 8 heteroatoms. The predicted octanol–water partition coefficient (Wildman–Crippen LogP) is 2.88. The second-order valence-corrected chi connectivity index (χ2v) is 7.28. The molecule has 1 fully saturated rings. The van der Waals surface area contributed by atoms with Crippen LogP contribution in [0.15, 0.2) is 18.2 Å². The van der Waals surface area contributed by atoms with E-state index in [1.807, 2.05) is 6.92 Å². The summed E-state index contributed by atoms with van der Waals surface area (Å²) in [6.07, 6.45) is 2.25. The molecule has 0 bridgehead atoms. The summed E-state index contributed by atoms with van der Waals surface area (Å²) in [6, 6.07) is 3.80. The largest absolute Gasteiger partial charge is 0.496 e. The zero-order chi connectivity index (χ0) is 18.7. The van der Waals surface area contributed by atoms with Crippen molar-refractivity contribution >= 4 is 17.4 Å². The number of nitrogens with one attached hydrogen (secondary N) is 1. The zero-order valence-electron chi connectivity index (χ0n) is 14.7. The molecule has 1 saturated carbocycles. The van der Waals surface area contributed by atoms with Crippen LogP contribution in [0.25, 0.3) is 0 Å². The van der Waals surface area contributed by atoms with E-state index >= 15 is 0 Å². The highest BCUT2D eigenvalue weighted by Gasteiger charge is 2.37. The number of nitrogens with zero attached hydrogens (tertiary/aromatic N) is 2. The van der Waals surface area contributed by atoms with Crippen LogP contribution in [0.2, 0.25) is 0 Å². The molecular formula is C18H22FN3O3S. The first-order valence-corrected chi connectivity index (χ1v) is 9.44. The standard InChI is InChI=1S/C18H22FN3O3S/c1-3-4-14-17(26-22-21-14)18(24)20-16(10-7-12(23)8-10)13-9-11(19)5-6-15(13)25-2/h5-6,9-10,12,16,23H,3-4,7-8H2,1-2H3,(H,20,24)/t10?,12?,16-/m0/s1. The third-order valence-electron chi connectivity index (χ3n) is 4.68. The van der Waals surface area contributed by atoms with Crippen molar-refractivity contribution in [2.24, 2.45) is 5.92 Å². The van der Waals surface area contributed by atoms with Crippen molar-refractivity contribution in [3.05, 3.63) is 40.2 Å². The minimum absolute atomic E-state index is 0.0140. The molecule has 0 saturated heterocycles. The first-order chi connectivity index (χ1) is 12.5. The van der Waals surface area contributed by atoms with Gasteiger partial charge in [0.2, 0.25) is 0 Å². The van der Waals surface area contributed by atoms with Gasteiger partial charge in [-0.15, -0.1) is 5.10 Å². The molecule has 1 amide bonds. The van der Waals surface area contributed by atoms with Crippen molar-refractivity contribution in [3.63, 3.8) is 0 Å². The fourth-order valence-electron chi connectivity index (χ4n) is 3.29. The maximum Gasteiger partial charge on any atom is 0.265 e. The summed E-state index contributed by atoms with van der Waals surface area (Å²) >= 11 is 1.06. The van der Waals surface area contributed by atoms with Gasteiger partial charge in [-0.2, -0.15) is 0 Å². The third-order valence-corrected chi connectivity index (χ3v) is 5.45. The van der Waals surface area contributed by atoms with E-state index in [1.54, 1.807) is 6.07 Å². The van der Waals surface area contributed by atoms with Crippen molar-refractivity contribution in [1.82, 2.24) is 14.9 Å². The van der Waals surface area contributed by atoms with Crippen LogP contribution in [0, 0.1) is 11.7 Å². The zero-order valence-corrected chi connectivity index (χ0v) is 15.6. The van der Waals surface area contributed by atoms with Crippen LogP contribution in [0.4, 0.5) is 4.39 Å². The van der Waals surface area contributed by atoms with E-state index in [-0.39, 0.29) is 17.9 Å². The number of carbonyl (C=O) groups is 1. The lowest BCUT2D eigenvalue weighted by atomic mass is 9.74. The monoisotopic (exact) mass is 379 g/mol. The fourth-order valence-corrected chi connectivity index (χ4v) is 3.90. The van der Waals surface area contributed by atoms with Crippen molar-refractivity contribution < 1.29 is 19.0 Å². The van der Waals surface area contributed by atoms with E-state index in [2.05, 4.69) is 14.9 Å². The summed E-state index contributed by atoms with van der Waals surface area (Å²) < 4.78 is 23.1. The van der Waals surface area contributed by atoms with Gasteiger partial charge in [0.05, 0.1) is 24.9 Å². The lowest BCUT2D eigenvalue weighted by molar-refractivity contribution is 0.0231. The number of aryl methyl sites for hydroxylation is 1. The number of rotatable bonds is 7. The van der Waals surface area contributed by atoms with Crippen molar-refractivity contribution in [3.8, 4) is 5.75 Å². The van der Waals surface area contributed by atoms with E-state index < -0.39 is 11.9 Å². The van der Waals surface area contributed by atoms with Gasteiger partial charge in [0.1, 0.15) is 16.4 Å². The second kappa shape index (κ2) is 8.09. The summed E-state index contributed by atoms with van der Waals surface area (Å²) in [4.78, 5) is 13.3. The van der Waals surface area contributed by atoms with E-state index in [0.29, 0.717) is 41.1 Å². The molecule has 2 aromatic rings. The molecular weight excluding hydrogens is 357 g/mol. The number of benzene rings is 1. The van der Waals surface area contributed by atoms with Gasteiger partial charge < -0.3 is 15.2 Å². The minimum atomic E-state index is -0.451. The van der Waals surface area contributed by atoms with Gasteiger partial charge in [-0.25, -0.2) is 4.39 Å². The maximum atomic E-state index is 13.8. The van der Waals surface area contributed by atoms with Crippen LogP contribution in [0.5, 0.6) is 5.75 Å². The number of hydrogen-bond donors (Lipinski definition) is 2. The van der Waals surface area contributed by atoms with E-state index in [9.17, 15) is 14.3 Å². The van der Waals surface area contributed by atoms with Crippen LogP contribution in [0.1, 0.15) is 53.2 Å². The summed E-state index contributed by atoms with van der Waals surface area (Å²) in [5, 5.41) is 16.7. The summed E-state index contributed by atoms with van der Waals surface area (Å²) in [5.41, 5.74) is 1.25. The Bertz CT molecular complexity index is 777. The summed E-state index contributed by atoms with van der Waals surface area (Å²) in [5.74, 6) is -0.151. The molecule has 3 rings (SSSR count). The smallest absolute Gasteiger partial charge is 0.265 e. The lowest BCUT2D eigenvalue weighted by Gasteiger charge is -2.38. The van der Waals surface area contributed by atoms with Gasteiger partial charge >= 0.3 is 0 Å². The minimum Gasteiger partial charge on any atom is -0.496 e. The molecule has 1 atom stereocenters. The molecule has 0 unspecified atom stereocenters. The highest BCUT2D eigenvalue weighted by molar-refractivity contribution is 7.08. The third kappa shape index (κ3) is 3.86. The average molecular weight is 379 g/mol. The van der Waals surface area contributed by atoms with Crippen molar-refractivity contribution in [1.29, 1.82) is 0 Å². The Labute approximate surface area is 155 Å². The first kappa shape index (κ1) is 18.7. The number of aliphatic hydroxyl groups is 1. The highest BCUT2D eigenvalue weighted by Crippen LogP contribution is 2.41. The molecule has 26 heavy (non-hydrogen) atoms. The predicted molar refractivity (Wildman–Crippen MR) is 95.8 cm³/mol. The number of methoxy groups -OCH3 is 1. The lowest BCUT2D eigenvalue weighted by Crippen LogP contribution is -2.41. The van der Waals surface area contributed by atoms with Crippen LogP contribution in [-0.4, -0.2) is 33.8 Å². The molecule has 1 heterocycles. The number of halogens is 1. The number of aliphatic hydroxyl groups excluding tert-OH is 1. The van der Waals surface area contributed by atoms with Crippen molar-refractivity contribution in [2.45, 2.75) is 44.8 Å². The van der Waals surface area contributed by atoms with Gasteiger partial charge in [-0.05, 0) is 54.9 Å². The fraction of sp³-hybridized carbons (Fsp3) is 0.500. The van der Waals surface area contributed by atoms with E-state index in [1.165, 1.54) is 19.2 Å². The Balaban J connectivity index is 1.89. The number of aromatic nitrogens is 2. The number of amides is 1. The second-order valence-electron chi connectivity index (χ2n) is 6.52. The number of carbonyl (C=O) groups excluding carboxylic acids is 1. The Morgan fingerprint density at radius 3 is 2.92 bits per heavy atom. The van der Waals surface area contributed by atoms with Crippen LogP contribution < -0.4 is 10.1 Å². The van der Waals surface area contributed by atoms with Crippen LogP contribution >= 0.6 is 11.5 Å². The summed E-state index contributed by atoms with van der Waals surface area (Å²) in [7, 11) is 1.51. The molecule has 6 nitrogen and oxygen atoms in total. The van der Waals surface area contributed by atoms with Crippen LogP contribution in [0.3, 0.4) is 0 Å². The Kier molecular flexibility index (Phi) is 5.83. The molecule has 0 spiro atoms. The molecule has 0 radical (unpaired) electrons. The maximum absolute atomic E-state index is 13.8. The summed E-state index contributed by atoms with van der Waals surface area (Å²) in [6.45, 7) is 2.01. The van der Waals surface area contributed by atoms with Gasteiger partial charge in [-0.1, -0.05) is 17.8 Å². The van der Waals surface area contributed by atoms with Gasteiger partial charge in [-0.3, -0.25) is 4.79 Å². The molecule has 140 valence electrons. The van der Waals surface area contributed by atoms with Crippen molar-refractivity contribution in [2.75, 3.05) is 7.11 Å². The Hall–Kier alpha value is -2.06. The van der Waals surface area contributed by atoms with Gasteiger partial charge in [0.15, 0.2) is 0 Å². The highest BCUT2D eigenvalue weighted by atomic mass is 32.1. The van der Waals surface area contributed by atoms with Crippen LogP contribution in [-0.2, 0) is 6.42 Å². The molecule has 0 aliphatic heterocycles. The molecule has 1 aromatic heterocycles. The van der Waals surface area contributed by atoms with E-state index in [0.717, 1.165) is 18.0 Å². The molecule has 1 aromatic carbocycles. The Morgan fingerprint density at radius 1 is 1.50 bits per heavy atom. The SMILES string of the molecule is CCCc1nnsc1C(=O)N[C@H](c1cc(F)ccc1OC)C1CC(O)C1. The van der Waals surface area contributed by atoms with E-state index in [4.69, 9.17) is 4.74 Å². The quantitative estimate of drug-likeness (QED) is 0.773. The number of ether oxygens (including phenoxy) is 1. The first-order valence-electron chi connectivity index (χ1n) is 8.67. The number of hydrogen-bond acceptors (Lipinski definition) is 6. The molecule has 1 aliphatic carbocycles. The Morgan fingerprint density at radius 2 is 2.27 bits per heavy atom. The average Bonchev–Trinajstić information content (AvgIpc) is 3.06. The van der Waals surface area contributed by atoms with Gasteiger partial charge in [0, 0.05) is 5.56 Å². The topological polar surface area (TPSA) is 84.3 Å².